The van der Waals surface area contributed by atoms with Gasteiger partial charge in [-0.1, -0.05) is 63.6 Å². The second kappa shape index (κ2) is 22.6. The van der Waals surface area contributed by atoms with Crippen LogP contribution in [-0.2, 0) is 25.6 Å². The maximum absolute atomic E-state index is 13.4. The molecule has 5 amide bonds. The zero-order chi connectivity index (χ0) is 38.8. The lowest BCUT2D eigenvalue weighted by molar-refractivity contribution is -0.133. The summed E-state index contributed by atoms with van der Waals surface area (Å²) in [5.41, 5.74) is 15.1. The van der Waals surface area contributed by atoms with Gasteiger partial charge in [0, 0.05) is 12.1 Å². The third-order valence-corrected chi connectivity index (χ3v) is 8.60. The molecule has 0 saturated heterocycles. The summed E-state index contributed by atoms with van der Waals surface area (Å²) < 4.78 is 0. The summed E-state index contributed by atoms with van der Waals surface area (Å²) in [4.78, 5) is 65.6. The Kier molecular flexibility index (Phi) is 19.1. The van der Waals surface area contributed by atoms with E-state index < -0.39 is 66.8 Å². The number of hydrogen-bond acceptors (Lipinski definition) is 9. The Morgan fingerprint density at radius 3 is 1.77 bits per heavy atom. The highest BCUT2D eigenvalue weighted by Gasteiger charge is 2.31. The molecule has 0 aliphatic rings. The maximum atomic E-state index is 13.4. The molecule has 2 rings (SSSR count). The van der Waals surface area contributed by atoms with E-state index in [1.54, 1.807) is 12.1 Å². The highest BCUT2D eigenvalue weighted by atomic mass is 16.4. The number of unbranched alkanes of at least 4 members (excludes halogenated alkanes) is 2. The van der Waals surface area contributed by atoms with Crippen molar-refractivity contribution in [2.75, 3.05) is 13.1 Å². The summed E-state index contributed by atoms with van der Waals surface area (Å²) in [6, 6.07) is 11.1. The molecule has 0 bridgehead atoms. The number of carbonyl (C=O) groups is 5. The van der Waals surface area contributed by atoms with Gasteiger partial charge in [-0.25, -0.2) is 0 Å². The quantitative estimate of drug-likeness (QED) is 0.0620. The van der Waals surface area contributed by atoms with Crippen LogP contribution in [0.3, 0.4) is 0 Å². The van der Waals surface area contributed by atoms with Crippen molar-refractivity contribution in [1.29, 1.82) is 0 Å². The predicted molar refractivity (Wildman–Crippen MR) is 202 cm³/mol. The number of hydrogen-bond donors (Lipinski definition) is 9. The van der Waals surface area contributed by atoms with Crippen molar-refractivity contribution in [2.45, 2.75) is 110 Å². The second-order valence-corrected chi connectivity index (χ2v) is 13.6. The molecule has 0 aliphatic carbocycles. The van der Waals surface area contributed by atoms with E-state index in [1.807, 2.05) is 26.0 Å². The zero-order valence-electron chi connectivity index (χ0n) is 31.1. The van der Waals surface area contributed by atoms with E-state index in [9.17, 15) is 34.0 Å². The van der Waals surface area contributed by atoms with E-state index in [0.29, 0.717) is 24.9 Å². The molecular weight excluding hydrogens is 665 g/mol. The molecule has 0 spiro atoms. The van der Waals surface area contributed by atoms with Crippen LogP contribution in [0, 0.1) is 5.92 Å². The van der Waals surface area contributed by atoms with Crippen LogP contribution in [0.15, 0.2) is 48.5 Å². The van der Waals surface area contributed by atoms with Crippen LogP contribution in [0.5, 0.6) is 0 Å². The van der Waals surface area contributed by atoms with Crippen molar-refractivity contribution in [3.63, 3.8) is 0 Å². The van der Waals surface area contributed by atoms with Crippen LogP contribution in [0.1, 0.15) is 89.1 Å². The van der Waals surface area contributed by atoms with Gasteiger partial charge in [-0.15, -0.1) is 0 Å². The van der Waals surface area contributed by atoms with E-state index in [0.717, 1.165) is 30.4 Å². The van der Waals surface area contributed by atoms with Crippen molar-refractivity contribution >= 4 is 36.7 Å². The normalized spacial score (nSPS) is 14.0. The van der Waals surface area contributed by atoms with Gasteiger partial charge in [-0.2, -0.15) is 0 Å². The summed E-state index contributed by atoms with van der Waals surface area (Å²) in [5.74, 6) is -4.07. The minimum absolute atomic E-state index is 0.00261. The number of amides is 5. The van der Waals surface area contributed by atoms with Crippen molar-refractivity contribution in [3.05, 3.63) is 59.7 Å². The average molecular weight is 724 g/mol. The highest BCUT2D eigenvalue weighted by Crippen LogP contribution is 2.21. The maximum Gasteiger partial charge on any atom is 0.475 e. The Hall–Kier alpha value is -4.31. The fourth-order valence-electron chi connectivity index (χ4n) is 5.34. The number of nitrogens with two attached hydrogens (primary N) is 2. The molecule has 5 atom stereocenters. The third kappa shape index (κ3) is 14.7. The van der Waals surface area contributed by atoms with Crippen molar-refractivity contribution < 1.29 is 34.0 Å². The first-order valence-electron chi connectivity index (χ1n) is 18.2. The fourth-order valence-corrected chi connectivity index (χ4v) is 5.34. The summed E-state index contributed by atoms with van der Waals surface area (Å²) in [7, 11) is -1.79. The average Bonchev–Trinajstić information content (AvgIpc) is 3.11. The monoisotopic (exact) mass is 723 g/mol. The standard InChI is InChI=1S/C37H58BN7O7/c1-6-7-10-26-12-14-27(15-13-26)28-16-18-29(19-17-28)34(47)43-30(11-8-9-20-39)35(48)45-32(22-40)37(50)41-24(4)33(46)44-31(21-23(2)3)36(49)42-25(5)38(51)52/h12-19,23-25,30-32,51-52H,6-11,20-22,39-40H2,1-5H3,(H,41,50)(H,42,49)(H,43,47)(H,44,46)(H,45,48)/t24-,25-,30-,31-,32-/m0/s1. The fraction of sp³-hybridized carbons (Fsp3) is 0.541. The van der Waals surface area contributed by atoms with Gasteiger partial charge in [0.15, 0.2) is 0 Å². The Labute approximate surface area is 307 Å². The van der Waals surface area contributed by atoms with Gasteiger partial charge in [0.2, 0.25) is 23.6 Å². The number of carbonyl (C=O) groups excluding carboxylic acids is 5. The molecule has 0 unspecified atom stereocenters. The minimum Gasteiger partial charge on any atom is -0.426 e. The molecule has 52 heavy (non-hydrogen) atoms. The topological polar surface area (TPSA) is 238 Å². The first-order chi connectivity index (χ1) is 24.7. The summed E-state index contributed by atoms with van der Waals surface area (Å²) in [6.07, 6.45) is 4.98. The van der Waals surface area contributed by atoms with Gasteiger partial charge in [-0.3, -0.25) is 24.0 Å². The van der Waals surface area contributed by atoms with E-state index in [1.165, 1.54) is 19.4 Å². The molecule has 0 heterocycles. The van der Waals surface area contributed by atoms with Gasteiger partial charge >= 0.3 is 7.12 Å². The molecule has 0 aliphatic heterocycles. The van der Waals surface area contributed by atoms with Gasteiger partial charge in [0.1, 0.15) is 24.2 Å². The summed E-state index contributed by atoms with van der Waals surface area (Å²) in [6.45, 7) is 8.79. The van der Waals surface area contributed by atoms with E-state index >= 15 is 0 Å². The third-order valence-electron chi connectivity index (χ3n) is 8.60. The van der Waals surface area contributed by atoms with Crippen molar-refractivity contribution in [1.82, 2.24) is 26.6 Å². The summed E-state index contributed by atoms with van der Waals surface area (Å²) >= 11 is 0. The SMILES string of the molecule is CCCCc1ccc(-c2ccc(C(=O)N[C@@H](CCCCN)C(=O)N[C@@H](CN)C(=O)N[C@@H](C)C(=O)N[C@@H](CC(C)C)C(=O)N[C@@H](C)B(O)O)cc2)cc1. The van der Waals surface area contributed by atoms with Crippen molar-refractivity contribution in [3.8, 4) is 11.1 Å². The lowest BCUT2D eigenvalue weighted by atomic mass is 9.81. The number of nitrogens with one attached hydrogen (secondary N) is 5. The van der Waals surface area contributed by atoms with Crippen LogP contribution in [0.25, 0.3) is 11.1 Å². The van der Waals surface area contributed by atoms with Crippen LogP contribution in [0.4, 0.5) is 0 Å². The molecule has 0 fully saturated rings. The Morgan fingerprint density at radius 2 is 1.23 bits per heavy atom. The first kappa shape index (κ1) is 43.9. The molecule has 2 aromatic rings. The molecule has 15 heteroatoms. The molecular formula is C37H58BN7O7. The van der Waals surface area contributed by atoms with Gasteiger partial charge in [0.25, 0.3) is 5.91 Å². The van der Waals surface area contributed by atoms with Crippen LogP contribution in [0.2, 0.25) is 0 Å². The Morgan fingerprint density at radius 1 is 0.673 bits per heavy atom. The number of benzene rings is 2. The van der Waals surface area contributed by atoms with E-state index in [2.05, 4.69) is 57.8 Å². The molecule has 2 aromatic carbocycles. The minimum atomic E-state index is -1.79. The Bertz CT molecular complexity index is 1440. The molecule has 0 radical (unpaired) electrons. The lowest BCUT2D eigenvalue weighted by Gasteiger charge is -2.26. The van der Waals surface area contributed by atoms with Crippen LogP contribution < -0.4 is 38.1 Å². The van der Waals surface area contributed by atoms with Crippen LogP contribution >= 0.6 is 0 Å². The Balaban J connectivity index is 2.07. The smallest absolute Gasteiger partial charge is 0.426 e. The first-order valence-corrected chi connectivity index (χ1v) is 18.2. The second-order valence-electron chi connectivity index (χ2n) is 13.6. The van der Waals surface area contributed by atoms with Crippen molar-refractivity contribution in [2.24, 2.45) is 17.4 Å². The summed E-state index contributed by atoms with van der Waals surface area (Å²) in [5, 5.41) is 31.6. The highest BCUT2D eigenvalue weighted by molar-refractivity contribution is 6.43. The van der Waals surface area contributed by atoms with E-state index in [4.69, 9.17) is 11.5 Å². The number of aryl methyl sites for hydroxylation is 1. The molecule has 14 nitrogen and oxygen atoms in total. The molecule has 286 valence electrons. The van der Waals surface area contributed by atoms with Gasteiger partial charge in [-0.05, 0) is 93.7 Å². The largest absolute Gasteiger partial charge is 0.475 e. The van der Waals surface area contributed by atoms with Gasteiger partial charge in [0.05, 0.1) is 5.94 Å². The van der Waals surface area contributed by atoms with E-state index in [-0.39, 0.29) is 25.3 Å². The molecule has 0 aromatic heterocycles. The van der Waals surface area contributed by atoms with Crippen LogP contribution in [-0.4, -0.2) is 89.9 Å². The lowest BCUT2D eigenvalue weighted by Crippen LogP contribution is -2.59. The zero-order valence-corrected chi connectivity index (χ0v) is 31.1. The molecule has 11 N–H and O–H groups in total. The number of rotatable bonds is 22. The van der Waals surface area contributed by atoms with Gasteiger partial charge < -0.3 is 48.1 Å². The molecule has 0 saturated carbocycles. The predicted octanol–water partition coefficient (Wildman–Crippen LogP) is 0.919.